The number of rotatable bonds is 5. The van der Waals surface area contributed by atoms with E-state index in [-0.39, 0.29) is 5.56 Å². The van der Waals surface area contributed by atoms with Crippen LogP contribution < -0.4 is 10.9 Å². The van der Waals surface area contributed by atoms with Crippen molar-refractivity contribution in [2.75, 3.05) is 5.32 Å². The minimum atomic E-state index is -0.618. The number of benzene rings is 2. The zero-order chi connectivity index (χ0) is 21.0. The molecule has 3 rings (SSSR count). The van der Waals surface area contributed by atoms with Crippen LogP contribution in [0.5, 0.6) is 0 Å². The van der Waals surface area contributed by atoms with Gasteiger partial charge in [0.15, 0.2) is 0 Å². The van der Waals surface area contributed by atoms with Crippen molar-refractivity contribution in [3.8, 4) is 5.69 Å². The second kappa shape index (κ2) is 8.47. The van der Waals surface area contributed by atoms with Gasteiger partial charge >= 0.3 is 6.09 Å². The van der Waals surface area contributed by atoms with Gasteiger partial charge in [-0.2, -0.15) is 0 Å². The molecule has 0 bridgehead atoms. The zero-order valence-corrected chi connectivity index (χ0v) is 17.4. The van der Waals surface area contributed by atoms with Crippen molar-refractivity contribution in [2.45, 2.75) is 52.6 Å². The van der Waals surface area contributed by atoms with Gasteiger partial charge in [-0.05, 0) is 51.5 Å². The van der Waals surface area contributed by atoms with Gasteiger partial charge < -0.3 is 4.74 Å². The van der Waals surface area contributed by atoms with Crippen LogP contribution in [0.4, 0.5) is 10.5 Å². The van der Waals surface area contributed by atoms with Gasteiger partial charge in [0.1, 0.15) is 11.4 Å². The normalized spacial score (nSPS) is 11.4. The van der Waals surface area contributed by atoms with Crippen molar-refractivity contribution in [2.24, 2.45) is 0 Å². The van der Waals surface area contributed by atoms with Crippen LogP contribution in [0.3, 0.4) is 0 Å². The number of carbonyl (C=O) groups is 1. The van der Waals surface area contributed by atoms with E-state index in [0.717, 1.165) is 12.8 Å². The highest BCUT2D eigenvalue weighted by atomic mass is 16.6. The molecule has 6 heteroatoms. The van der Waals surface area contributed by atoms with E-state index >= 15 is 0 Å². The summed E-state index contributed by atoms with van der Waals surface area (Å²) in [7, 11) is 0. The third-order valence-electron chi connectivity index (χ3n) is 4.38. The topological polar surface area (TPSA) is 73.2 Å². The Hall–Kier alpha value is -3.15. The molecule has 2 aromatic carbocycles. The molecule has 0 saturated heterocycles. The number of nitrogens with zero attached hydrogens (tertiary/aromatic N) is 2. The molecule has 0 radical (unpaired) electrons. The SMILES string of the molecule is CCCCc1nc2ccccc2c(=O)n1-c1ccccc1NC(=O)OC(C)(C)C. The fourth-order valence-corrected chi connectivity index (χ4v) is 3.12. The molecular formula is C23H27N3O3. The lowest BCUT2D eigenvalue weighted by Crippen LogP contribution is -2.29. The number of aryl methyl sites for hydroxylation is 1. The molecule has 152 valence electrons. The highest BCUT2D eigenvalue weighted by Gasteiger charge is 2.19. The number of hydrogen-bond acceptors (Lipinski definition) is 4. The molecule has 0 spiro atoms. The number of carbonyl (C=O) groups excluding carboxylic acids is 1. The third-order valence-corrected chi connectivity index (χ3v) is 4.38. The fourth-order valence-electron chi connectivity index (χ4n) is 3.12. The lowest BCUT2D eigenvalue weighted by molar-refractivity contribution is 0.0636. The lowest BCUT2D eigenvalue weighted by atomic mass is 10.2. The third kappa shape index (κ3) is 4.83. The van der Waals surface area contributed by atoms with Crippen molar-refractivity contribution in [1.82, 2.24) is 9.55 Å². The number of unbranched alkanes of at least 4 members (excludes halogenated alkanes) is 1. The average molecular weight is 393 g/mol. The predicted octanol–water partition coefficient (Wildman–Crippen LogP) is 5.08. The Morgan fingerprint density at radius 3 is 2.52 bits per heavy atom. The highest BCUT2D eigenvalue weighted by molar-refractivity contribution is 5.88. The van der Waals surface area contributed by atoms with E-state index in [1.165, 1.54) is 0 Å². The van der Waals surface area contributed by atoms with Gasteiger partial charge in [-0.15, -0.1) is 0 Å². The first-order chi connectivity index (χ1) is 13.8. The maximum Gasteiger partial charge on any atom is 0.412 e. The van der Waals surface area contributed by atoms with E-state index < -0.39 is 11.7 Å². The molecule has 0 saturated carbocycles. The Morgan fingerprint density at radius 1 is 1.10 bits per heavy atom. The molecule has 0 aliphatic rings. The standard InChI is InChI=1S/C23H27N3O3/c1-5-6-15-20-24-17-12-8-7-11-16(17)21(27)26(20)19-14-10-9-13-18(19)25-22(28)29-23(2,3)4/h7-14H,5-6,15H2,1-4H3,(H,25,28). The number of hydrogen-bond donors (Lipinski definition) is 1. The van der Waals surface area contributed by atoms with Crippen LogP contribution in [0.15, 0.2) is 53.3 Å². The molecule has 6 nitrogen and oxygen atoms in total. The summed E-state index contributed by atoms with van der Waals surface area (Å²) in [5.74, 6) is 0.675. The summed E-state index contributed by atoms with van der Waals surface area (Å²) in [4.78, 5) is 30.4. The Bertz CT molecular complexity index is 1080. The predicted molar refractivity (Wildman–Crippen MR) is 116 cm³/mol. The van der Waals surface area contributed by atoms with E-state index in [9.17, 15) is 9.59 Å². The number of nitrogens with one attached hydrogen (secondary N) is 1. The Labute approximate surface area is 170 Å². The summed E-state index contributed by atoms with van der Waals surface area (Å²) in [5, 5.41) is 3.32. The summed E-state index contributed by atoms with van der Waals surface area (Å²) < 4.78 is 6.98. The van der Waals surface area contributed by atoms with Crippen LogP contribution in [-0.4, -0.2) is 21.2 Å². The quantitative estimate of drug-likeness (QED) is 0.656. The summed E-state index contributed by atoms with van der Waals surface area (Å²) in [6, 6.07) is 14.5. The van der Waals surface area contributed by atoms with Crippen LogP contribution >= 0.6 is 0 Å². The number of ether oxygens (including phenoxy) is 1. The summed E-state index contributed by atoms with van der Waals surface area (Å²) in [5.41, 5.74) is 0.983. The average Bonchev–Trinajstić information content (AvgIpc) is 2.66. The second-order valence-electron chi connectivity index (χ2n) is 7.93. The van der Waals surface area contributed by atoms with Crippen molar-refractivity contribution in [3.05, 3.63) is 64.7 Å². The molecule has 1 N–H and O–H groups in total. The van der Waals surface area contributed by atoms with E-state index in [1.54, 1.807) is 49.6 Å². The van der Waals surface area contributed by atoms with Crippen molar-refractivity contribution < 1.29 is 9.53 Å². The smallest absolute Gasteiger partial charge is 0.412 e. The molecule has 0 unspecified atom stereocenters. The minimum Gasteiger partial charge on any atom is -0.444 e. The van der Waals surface area contributed by atoms with Crippen LogP contribution in [0.1, 0.15) is 46.4 Å². The number of fused-ring (bicyclic) bond motifs is 1. The Kier molecular flexibility index (Phi) is 6.01. The maximum atomic E-state index is 13.4. The van der Waals surface area contributed by atoms with Crippen LogP contribution in [-0.2, 0) is 11.2 Å². The van der Waals surface area contributed by atoms with Gasteiger partial charge in [0, 0.05) is 6.42 Å². The number of para-hydroxylation sites is 3. The first kappa shape index (κ1) is 20.6. The monoisotopic (exact) mass is 393 g/mol. The van der Waals surface area contributed by atoms with E-state index in [2.05, 4.69) is 12.2 Å². The van der Waals surface area contributed by atoms with Gasteiger partial charge in [0.2, 0.25) is 0 Å². The molecule has 0 aliphatic heterocycles. The van der Waals surface area contributed by atoms with Crippen molar-refractivity contribution in [1.29, 1.82) is 0 Å². The molecule has 0 fully saturated rings. The van der Waals surface area contributed by atoms with Gasteiger partial charge in [-0.25, -0.2) is 9.78 Å². The van der Waals surface area contributed by atoms with E-state index in [4.69, 9.17) is 9.72 Å². The second-order valence-corrected chi connectivity index (χ2v) is 7.93. The molecule has 1 heterocycles. The summed E-state index contributed by atoms with van der Waals surface area (Å²) >= 11 is 0. The zero-order valence-electron chi connectivity index (χ0n) is 17.4. The summed E-state index contributed by atoms with van der Waals surface area (Å²) in [6.45, 7) is 7.51. The molecule has 1 aromatic heterocycles. The minimum absolute atomic E-state index is 0.153. The van der Waals surface area contributed by atoms with Gasteiger partial charge in [0.05, 0.1) is 22.3 Å². The molecule has 3 aromatic rings. The van der Waals surface area contributed by atoms with Gasteiger partial charge in [-0.1, -0.05) is 37.6 Å². The molecule has 29 heavy (non-hydrogen) atoms. The summed E-state index contributed by atoms with van der Waals surface area (Å²) in [6.07, 6.45) is 1.99. The fraction of sp³-hybridized carbons (Fsp3) is 0.348. The van der Waals surface area contributed by atoms with Crippen molar-refractivity contribution in [3.63, 3.8) is 0 Å². The largest absolute Gasteiger partial charge is 0.444 e. The maximum absolute atomic E-state index is 13.4. The van der Waals surface area contributed by atoms with Gasteiger partial charge in [-0.3, -0.25) is 14.7 Å². The number of aromatic nitrogens is 2. The molecule has 1 amide bonds. The first-order valence-corrected chi connectivity index (χ1v) is 9.90. The van der Waals surface area contributed by atoms with Crippen molar-refractivity contribution >= 4 is 22.7 Å². The van der Waals surface area contributed by atoms with Crippen LogP contribution in [0.2, 0.25) is 0 Å². The van der Waals surface area contributed by atoms with E-state index in [0.29, 0.717) is 34.5 Å². The highest BCUT2D eigenvalue weighted by Crippen LogP contribution is 2.23. The Balaban J connectivity index is 2.14. The Morgan fingerprint density at radius 2 is 1.79 bits per heavy atom. The lowest BCUT2D eigenvalue weighted by Gasteiger charge is -2.21. The number of amides is 1. The van der Waals surface area contributed by atoms with Crippen LogP contribution in [0.25, 0.3) is 16.6 Å². The first-order valence-electron chi connectivity index (χ1n) is 9.90. The number of anilines is 1. The molecule has 0 atom stereocenters. The van der Waals surface area contributed by atoms with E-state index in [1.807, 2.05) is 24.3 Å². The van der Waals surface area contributed by atoms with Gasteiger partial charge in [0.25, 0.3) is 5.56 Å². The molecular weight excluding hydrogens is 366 g/mol. The van der Waals surface area contributed by atoms with Crippen LogP contribution in [0, 0.1) is 0 Å². The molecule has 0 aliphatic carbocycles.